The number of rotatable bonds is 10. The summed E-state index contributed by atoms with van der Waals surface area (Å²) in [5.41, 5.74) is 0. The Morgan fingerprint density at radius 1 is 0.971 bits per heavy atom. The van der Waals surface area contributed by atoms with Crippen LogP contribution in [0.2, 0.25) is 0 Å². The van der Waals surface area contributed by atoms with Crippen LogP contribution in [-0.4, -0.2) is 91.0 Å². The molecule has 1 aromatic carbocycles. The van der Waals surface area contributed by atoms with Crippen LogP contribution < -0.4 is 10.1 Å². The molecule has 2 unspecified atom stereocenters. The van der Waals surface area contributed by atoms with Gasteiger partial charge in [0.2, 0.25) is 5.91 Å². The third-order valence-electron chi connectivity index (χ3n) is 8.14. The summed E-state index contributed by atoms with van der Waals surface area (Å²) in [6, 6.07) is 10.1. The number of carbonyl (C=O) groups is 2. The number of amides is 2. The molecule has 3 aliphatic rings. The maximum absolute atomic E-state index is 13.4. The van der Waals surface area contributed by atoms with Gasteiger partial charge in [-0.2, -0.15) is 0 Å². The van der Waals surface area contributed by atoms with E-state index in [1.54, 1.807) is 0 Å². The molecule has 1 aromatic rings. The topological polar surface area (TPSA) is 65.1 Å². The lowest BCUT2D eigenvalue weighted by Crippen LogP contribution is -2.58. The second kappa shape index (κ2) is 13.3. The zero-order chi connectivity index (χ0) is 24.5. The van der Waals surface area contributed by atoms with E-state index in [0.717, 1.165) is 45.4 Å². The molecule has 1 aliphatic carbocycles. The Balaban J connectivity index is 1.23. The minimum absolute atomic E-state index is 0.0160. The van der Waals surface area contributed by atoms with Crippen LogP contribution in [0.5, 0.6) is 5.75 Å². The molecule has 7 heteroatoms. The van der Waals surface area contributed by atoms with Gasteiger partial charge < -0.3 is 19.9 Å². The van der Waals surface area contributed by atoms with Crippen LogP contribution >= 0.6 is 0 Å². The molecule has 2 saturated heterocycles. The van der Waals surface area contributed by atoms with Gasteiger partial charge in [-0.05, 0) is 63.6 Å². The number of benzene rings is 1. The standard InChI is InChI=1S/C28H44N4O3/c1-23-10-7-8-16-30(23)17-9-15-29-28(34)27(24-11-5-6-12-24)32-20-18-31(19-21-32)26(33)22-35-25-13-3-2-4-14-25/h2-4,13-14,23-24,27H,5-12,15-22H2,1H3,(H,29,34). The van der Waals surface area contributed by atoms with Gasteiger partial charge in [0.05, 0.1) is 6.04 Å². The van der Waals surface area contributed by atoms with Crippen molar-refractivity contribution in [1.82, 2.24) is 20.0 Å². The molecule has 0 spiro atoms. The molecular weight excluding hydrogens is 440 g/mol. The van der Waals surface area contributed by atoms with Crippen LogP contribution in [0.3, 0.4) is 0 Å². The van der Waals surface area contributed by atoms with E-state index in [4.69, 9.17) is 4.74 Å². The van der Waals surface area contributed by atoms with E-state index < -0.39 is 0 Å². The highest BCUT2D eigenvalue weighted by Crippen LogP contribution is 2.31. The highest BCUT2D eigenvalue weighted by Gasteiger charge is 2.37. The Hall–Kier alpha value is -2.12. The molecule has 194 valence electrons. The highest BCUT2D eigenvalue weighted by molar-refractivity contribution is 5.82. The van der Waals surface area contributed by atoms with Gasteiger partial charge in [-0.1, -0.05) is 37.5 Å². The number of ether oxygens (including phenoxy) is 1. The second-order valence-corrected chi connectivity index (χ2v) is 10.5. The average Bonchev–Trinajstić information content (AvgIpc) is 3.42. The third kappa shape index (κ3) is 7.43. The quantitative estimate of drug-likeness (QED) is 0.517. The van der Waals surface area contributed by atoms with Crippen LogP contribution in [0.25, 0.3) is 0 Å². The summed E-state index contributed by atoms with van der Waals surface area (Å²) in [4.78, 5) is 32.8. The van der Waals surface area contributed by atoms with E-state index in [1.807, 2.05) is 35.2 Å². The van der Waals surface area contributed by atoms with Crippen LogP contribution in [0.1, 0.15) is 58.3 Å². The first kappa shape index (κ1) is 26.0. The third-order valence-corrected chi connectivity index (χ3v) is 8.14. The molecule has 7 nitrogen and oxygen atoms in total. The monoisotopic (exact) mass is 484 g/mol. The van der Waals surface area contributed by atoms with Crippen LogP contribution in [-0.2, 0) is 9.59 Å². The average molecular weight is 485 g/mol. The predicted molar refractivity (Wildman–Crippen MR) is 138 cm³/mol. The summed E-state index contributed by atoms with van der Waals surface area (Å²) in [6.07, 6.45) is 9.65. The Kier molecular flexibility index (Phi) is 9.83. The van der Waals surface area contributed by atoms with Gasteiger partial charge in [0.15, 0.2) is 6.61 Å². The van der Waals surface area contributed by atoms with Crippen molar-refractivity contribution in [2.45, 2.75) is 70.4 Å². The van der Waals surface area contributed by atoms with Crippen molar-refractivity contribution in [2.24, 2.45) is 5.92 Å². The fourth-order valence-electron chi connectivity index (χ4n) is 6.04. The number of likely N-dealkylation sites (tertiary alicyclic amines) is 1. The molecule has 3 fully saturated rings. The number of nitrogens with one attached hydrogen (secondary N) is 1. The highest BCUT2D eigenvalue weighted by atomic mass is 16.5. The maximum atomic E-state index is 13.4. The lowest BCUT2D eigenvalue weighted by atomic mass is 9.95. The molecule has 2 amide bonds. The SMILES string of the molecule is CC1CCCCN1CCCNC(=O)C(C1CCCC1)N1CCN(C(=O)COc2ccccc2)CC1. The summed E-state index contributed by atoms with van der Waals surface area (Å²) in [5.74, 6) is 1.35. The number of hydrogen-bond acceptors (Lipinski definition) is 5. The Morgan fingerprint density at radius 3 is 2.40 bits per heavy atom. The van der Waals surface area contributed by atoms with Gasteiger partial charge in [-0.3, -0.25) is 14.5 Å². The van der Waals surface area contributed by atoms with Gasteiger partial charge in [0.1, 0.15) is 5.75 Å². The van der Waals surface area contributed by atoms with Crippen LogP contribution in [0.15, 0.2) is 30.3 Å². The van der Waals surface area contributed by atoms with E-state index in [-0.39, 0.29) is 24.5 Å². The van der Waals surface area contributed by atoms with E-state index in [9.17, 15) is 9.59 Å². The number of nitrogens with zero attached hydrogens (tertiary/aromatic N) is 3. The van der Waals surface area contributed by atoms with Crippen molar-refractivity contribution in [1.29, 1.82) is 0 Å². The fourth-order valence-corrected chi connectivity index (χ4v) is 6.04. The summed E-state index contributed by atoms with van der Waals surface area (Å²) in [6.45, 7) is 8.20. The van der Waals surface area contributed by atoms with E-state index in [0.29, 0.717) is 30.8 Å². The fraction of sp³-hybridized carbons (Fsp3) is 0.714. The maximum Gasteiger partial charge on any atom is 0.260 e. The Bertz CT molecular complexity index is 791. The van der Waals surface area contributed by atoms with E-state index in [2.05, 4.69) is 22.0 Å². The van der Waals surface area contributed by atoms with Crippen molar-refractivity contribution in [2.75, 3.05) is 52.4 Å². The van der Waals surface area contributed by atoms with Gasteiger partial charge in [0.25, 0.3) is 5.91 Å². The van der Waals surface area contributed by atoms with E-state index >= 15 is 0 Å². The van der Waals surface area contributed by atoms with Crippen LogP contribution in [0.4, 0.5) is 0 Å². The summed E-state index contributed by atoms with van der Waals surface area (Å²) in [7, 11) is 0. The minimum Gasteiger partial charge on any atom is -0.484 e. The lowest BCUT2D eigenvalue weighted by molar-refractivity contribution is -0.137. The molecular formula is C28H44N4O3. The number of hydrogen-bond donors (Lipinski definition) is 1. The van der Waals surface area contributed by atoms with Crippen molar-refractivity contribution in [3.8, 4) is 5.75 Å². The lowest BCUT2D eigenvalue weighted by Gasteiger charge is -2.40. The van der Waals surface area contributed by atoms with E-state index in [1.165, 1.54) is 38.6 Å². The molecule has 4 rings (SSSR count). The van der Waals surface area contributed by atoms with Crippen molar-refractivity contribution >= 4 is 11.8 Å². The molecule has 35 heavy (non-hydrogen) atoms. The van der Waals surface area contributed by atoms with Crippen molar-refractivity contribution in [3.63, 3.8) is 0 Å². The second-order valence-electron chi connectivity index (χ2n) is 10.5. The largest absolute Gasteiger partial charge is 0.484 e. The van der Waals surface area contributed by atoms with Gasteiger partial charge in [0, 0.05) is 45.3 Å². The first-order chi connectivity index (χ1) is 17.1. The smallest absolute Gasteiger partial charge is 0.260 e. The molecule has 2 atom stereocenters. The Labute approximate surface area is 211 Å². The van der Waals surface area contributed by atoms with Gasteiger partial charge in [-0.25, -0.2) is 0 Å². The van der Waals surface area contributed by atoms with Crippen molar-refractivity contribution in [3.05, 3.63) is 30.3 Å². The molecule has 0 aromatic heterocycles. The van der Waals surface area contributed by atoms with Crippen LogP contribution in [0, 0.1) is 5.92 Å². The zero-order valence-corrected chi connectivity index (χ0v) is 21.5. The molecule has 1 saturated carbocycles. The summed E-state index contributed by atoms with van der Waals surface area (Å²) in [5, 5.41) is 3.28. The number of carbonyl (C=O) groups excluding carboxylic acids is 2. The van der Waals surface area contributed by atoms with Crippen molar-refractivity contribution < 1.29 is 14.3 Å². The molecule has 0 radical (unpaired) electrons. The summed E-state index contributed by atoms with van der Waals surface area (Å²) < 4.78 is 5.65. The minimum atomic E-state index is -0.0655. The number of para-hydroxylation sites is 1. The molecule has 1 N–H and O–H groups in total. The summed E-state index contributed by atoms with van der Waals surface area (Å²) >= 11 is 0. The zero-order valence-electron chi connectivity index (χ0n) is 21.5. The normalized spacial score (nSPS) is 23.2. The Morgan fingerprint density at radius 2 is 1.69 bits per heavy atom. The number of piperazine rings is 1. The molecule has 2 aliphatic heterocycles. The predicted octanol–water partition coefficient (Wildman–Crippen LogP) is 3.15. The molecule has 2 heterocycles. The molecule has 0 bridgehead atoms. The number of piperidine rings is 1. The first-order valence-corrected chi connectivity index (χ1v) is 13.8. The van der Waals surface area contributed by atoms with Gasteiger partial charge in [-0.15, -0.1) is 0 Å². The van der Waals surface area contributed by atoms with Gasteiger partial charge >= 0.3 is 0 Å². The first-order valence-electron chi connectivity index (χ1n) is 13.8.